The van der Waals surface area contributed by atoms with Crippen LogP contribution in [0.15, 0.2) is 35.6 Å². The molecule has 0 fully saturated rings. The van der Waals surface area contributed by atoms with Gasteiger partial charge in [-0.25, -0.2) is 0 Å². The molecule has 20 heavy (non-hydrogen) atoms. The lowest BCUT2D eigenvalue weighted by Gasteiger charge is -2.09. The first-order chi connectivity index (χ1) is 9.61. The maximum Gasteiger partial charge on any atom is 0.170 e. The molecule has 0 saturated carbocycles. The lowest BCUT2D eigenvalue weighted by molar-refractivity contribution is 0.104. The summed E-state index contributed by atoms with van der Waals surface area (Å²) in [5.41, 5.74) is 7.43. The number of oxime groups is 1. The predicted molar refractivity (Wildman–Crippen MR) is 80.1 cm³/mol. The molecule has 0 spiro atoms. The van der Waals surface area contributed by atoms with Crippen LogP contribution in [0, 0.1) is 5.92 Å². The van der Waals surface area contributed by atoms with Crippen LogP contribution in [0.5, 0.6) is 0 Å². The molecule has 5 nitrogen and oxygen atoms in total. The molecular weight excluding hydrogens is 254 g/mol. The van der Waals surface area contributed by atoms with Crippen molar-refractivity contribution in [2.45, 2.75) is 20.4 Å². The molecule has 0 bridgehead atoms. The van der Waals surface area contributed by atoms with E-state index in [1.54, 1.807) is 0 Å². The standard InChI is InChI=1S/C15H21N3O2/c1-11(2)10-20-8-7-18-6-5-12-9-13(15(16)17-19)3-4-14(12)18/h3-6,9,11,19H,7-8,10H2,1-2H3,(H2,16,17). The lowest BCUT2D eigenvalue weighted by Crippen LogP contribution is -2.12. The number of rotatable bonds is 6. The second-order valence-corrected chi connectivity index (χ2v) is 5.24. The highest BCUT2D eigenvalue weighted by molar-refractivity contribution is 6.00. The molecule has 0 saturated heterocycles. The fourth-order valence-electron chi connectivity index (χ4n) is 2.09. The van der Waals surface area contributed by atoms with E-state index < -0.39 is 0 Å². The van der Waals surface area contributed by atoms with Gasteiger partial charge in [0.1, 0.15) is 0 Å². The van der Waals surface area contributed by atoms with Crippen LogP contribution in [-0.2, 0) is 11.3 Å². The molecular formula is C15H21N3O2. The van der Waals surface area contributed by atoms with Gasteiger partial charge in [-0.3, -0.25) is 0 Å². The zero-order chi connectivity index (χ0) is 14.5. The Hall–Kier alpha value is -2.01. The molecule has 1 aromatic heterocycles. The van der Waals surface area contributed by atoms with Crippen LogP contribution >= 0.6 is 0 Å². The number of nitrogens with zero attached hydrogens (tertiary/aromatic N) is 2. The third-order valence-corrected chi connectivity index (χ3v) is 3.10. The number of hydrogen-bond acceptors (Lipinski definition) is 3. The summed E-state index contributed by atoms with van der Waals surface area (Å²) in [7, 11) is 0. The number of fused-ring (bicyclic) bond motifs is 1. The molecule has 0 radical (unpaired) electrons. The molecule has 0 unspecified atom stereocenters. The summed E-state index contributed by atoms with van der Waals surface area (Å²) in [6.45, 7) is 6.58. The first-order valence-corrected chi connectivity index (χ1v) is 6.76. The molecule has 0 aliphatic heterocycles. The van der Waals surface area contributed by atoms with Crippen molar-refractivity contribution >= 4 is 16.7 Å². The first-order valence-electron chi connectivity index (χ1n) is 6.76. The Morgan fingerprint density at radius 1 is 1.40 bits per heavy atom. The average Bonchev–Trinajstić information content (AvgIpc) is 2.84. The largest absolute Gasteiger partial charge is 0.409 e. The van der Waals surface area contributed by atoms with Gasteiger partial charge in [0.15, 0.2) is 5.84 Å². The van der Waals surface area contributed by atoms with E-state index in [4.69, 9.17) is 15.7 Å². The molecule has 0 aliphatic carbocycles. The minimum atomic E-state index is 0.125. The summed E-state index contributed by atoms with van der Waals surface area (Å²) in [5.74, 6) is 0.680. The Kier molecular flexibility index (Phi) is 4.63. The van der Waals surface area contributed by atoms with Crippen molar-refractivity contribution in [1.82, 2.24) is 4.57 Å². The number of benzene rings is 1. The van der Waals surface area contributed by atoms with Gasteiger partial charge in [-0.05, 0) is 30.2 Å². The van der Waals surface area contributed by atoms with E-state index >= 15 is 0 Å². The van der Waals surface area contributed by atoms with E-state index in [9.17, 15) is 0 Å². The summed E-state index contributed by atoms with van der Waals surface area (Å²) in [6.07, 6.45) is 2.03. The van der Waals surface area contributed by atoms with E-state index in [0.29, 0.717) is 18.1 Å². The van der Waals surface area contributed by atoms with Crippen LogP contribution in [0.2, 0.25) is 0 Å². The number of ether oxygens (including phenoxy) is 1. The first kappa shape index (κ1) is 14.4. The van der Waals surface area contributed by atoms with Crippen molar-refractivity contribution in [3.8, 4) is 0 Å². The van der Waals surface area contributed by atoms with Crippen molar-refractivity contribution in [1.29, 1.82) is 0 Å². The van der Waals surface area contributed by atoms with Gasteiger partial charge in [-0.2, -0.15) is 0 Å². The maximum atomic E-state index is 8.69. The number of aromatic nitrogens is 1. The summed E-state index contributed by atoms with van der Waals surface area (Å²) in [6, 6.07) is 7.76. The second kappa shape index (κ2) is 6.43. The number of amidine groups is 1. The van der Waals surface area contributed by atoms with Crippen LogP contribution in [0.1, 0.15) is 19.4 Å². The quantitative estimate of drug-likeness (QED) is 0.279. The highest BCUT2D eigenvalue weighted by atomic mass is 16.5. The SMILES string of the molecule is CC(C)COCCn1ccc2cc(/C(N)=N/O)ccc21. The average molecular weight is 275 g/mol. The summed E-state index contributed by atoms with van der Waals surface area (Å²) < 4.78 is 7.75. The molecule has 2 aromatic rings. The second-order valence-electron chi connectivity index (χ2n) is 5.24. The molecule has 5 heteroatoms. The van der Waals surface area contributed by atoms with E-state index in [2.05, 4.69) is 23.6 Å². The number of hydrogen-bond donors (Lipinski definition) is 2. The third kappa shape index (κ3) is 3.30. The summed E-state index contributed by atoms with van der Waals surface area (Å²) >= 11 is 0. The van der Waals surface area contributed by atoms with E-state index in [1.807, 2.05) is 30.5 Å². The number of nitrogens with two attached hydrogens (primary N) is 1. The summed E-state index contributed by atoms with van der Waals surface area (Å²) in [4.78, 5) is 0. The Morgan fingerprint density at radius 2 is 2.20 bits per heavy atom. The van der Waals surface area contributed by atoms with Crippen LogP contribution in [0.3, 0.4) is 0 Å². The van der Waals surface area contributed by atoms with Crippen molar-refractivity contribution in [3.05, 3.63) is 36.0 Å². The van der Waals surface area contributed by atoms with E-state index in [-0.39, 0.29) is 5.84 Å². The molecule has 0 atom stereocenters. The van der Waals surface area contributed by atoms with Gasteiger partial charge in [-0.15, -0.1) is 0 Å². The predicted octanol–water partition coefficient (Wildman–Crippen LogP) is 2.41. The molecule has 0 aliphatic rings. The molecule has 108 valence electrons. The Labute approximate surface area is 118 Å². The Morgan fingerprint density at radius 3 is 2.90 bits per heavy atom. The van der Waals surface area contributed by atoms with Gasteiger partial charge in [0.2, 0.25) is 0 Å². The monoisotopic (exact) mass is 275 g/mol. The maximum absolute atomic E-state index is 8.69. The van der Waals surface area contributed by atoms with Gasteiger partial charge in [0.05, 0.1) is 6.61 Å². The Bertz CT molecular complexity index is 602. The molecule has 1 aromatic carbocycles. The van der Waals surface area contributed by atoms with Gasteiger partial charge in [0.25, 0.3) is 0 Å². The van der Waals surface area contributed by atoms with Crippen LogP contribution in [0.4, 0.5) is 0 Å². The highest BCUT2D eigenvalue weighted by Crippen LogP contribution is 2.17. The van der Waals surface area contributed by atoms with Gasteiger partial charge >= 0.3 is 0 Å². The minimum Gasteiger partial charge on any atom is -0.409 e. The lowest BCUT2D eigenvalue weighted by atomic mass is 10.1. The van der Waals surface area contributed by atoms with Crippen molar-refractivity contribution in [3.63, 3.8) is 0 Å². The molecule has 1 heterocycles. The fourth-order valence-corrected chi connectivity index (χ4v) is 2.09. The molecule has 3 N–H and O–H groups in total. The van der Waals surface area contributed by atoms with Crippen molar-refractivity contribution < 1.29 is 9.94 Å². The third-order valence-electron chi connectivity index (χ3n) is 3.10. The van der Waals surface area contributed by atoms with Gasteiger partial charge in [-0.1, -0.05) is 19.0 Å². The van der Waals surface area contributed by atoms with E-state index in [1.165, 1.54) is 0 Å². The normalized spacial score (nSPS) is 12.4. The summed E-state index contributed by atoms with van der Waals surface area (Å²) in [5, 5.41) is 12.8. The van der Waals surface area contributed by atoms with Gasteiger partial charge in [0, 0.05) is 35.8 Å². The van der Waals surface area contributed by atoms with Crippen LogP contribution in [-0.4, -0.2) is 28.8 Å². The highest BCUT2D eigenvalue weighted by Gasteiger charge is 2.05. The van der Waals surface area contributed by atoms with Crippen LogP contribution in [0.25, 0.3) is 10.9 Å². The fraction of sp³-hybridized carbons (Fsp3) is 0.400. The zero-order valence-electron chi connectivity index (χ0n) is 11.9. The zero-order valence-corrected chi connectivity index (χ0v) is 11.9. The minimum absolute atomic E-state index is 0.125. The van der Waals surface area contributed by atoms with Crippen molar-refractivity contribution in [2.75, 3.05) is 13.2 Å². The van der Waals surface area contributed by atoms with Gasteiger partial charge < -0.3 is 20.2 Å². The molecule has 2 rings (SSSR count). The van der Waals surface area contributed by atoms with Crippen LogP contribution < -0.4 is 5.73 Å². The Balaban J connectivity index is 2.08. The van der Waals surface area contributed by atoms with E-state index in [0.717, 1.165) is 24.1 Å². The topological polar surface area (TPSA) is 72.8 Å². The smallest absolute Gasteiger partial charge is 0.170 e. The molecule has 0 amide bonds. The van der Waals surface area contributed by atoms with Crippen molar-refractivity contribution in [2.24, 2.45) is 16.8 Å².